The minimum atomic E-state index is -0.502. The second-order valence-corrected chi connectivity index (χ2v) is 4.65. The van der Waals surface area contributed by atoms with E-state index in [2.05, 4.69) is 21.2 Å². The highest BCUT2D eigenvalue weighted by molar-refractivity contribution is 9.10. The van der Waals surface area contributed by atoms with Crippen molar-refractivity contribution in [2.24, 2.45) is 0 Å². The number of benzene rings is 1. The van der Waals surface area contributed by atoms with Crippen molar-refractivity contribution in [1.82, 2.24) is 5.32 Å². The van der Waals surface area contributed by atoms with Crippen molar-refractivity contribution in [2.75, 3.05) is 0 Å². The molecular formula is C12H11BrFNO. The third-order valence-corrected chi connectivity index (χ3v) is 3.01. The molecule has 0 saturated carbocycles. The van der Waals surface area contributed by atoms with Gasteiger partial charge in [0.1, 0.15) is 5.82 Å². The Morgan fingerprint density at radius 3 is 2.69 bits per heavy atom. The van der Waals surface area contributed by atoms with Crippen LogP contribution in [0.15, 0.2) is 34.8 Å². The first-order valence-electron chi connectivity index (χ1n) is 5.08. The summed E-state index contributed by atoms with van der Waals surface area (Å²) in [6.45, 7) is 0. The Kier molecular flexibility index (Phi) is 3.39. The standard InChI is InChI=1S/C12H11BrFNO/c13-8-5-6-10(11(14)7-8)12(16)15-9-3-1-2-4-9/h1-2,5-7,9H,3-4H2,(H,15,16). The van der Waals surface area contributed by atoms with Gasteiger partial charge in [-0.15, -0.1) is 0 Å². The Morgan fingerprint density at radius 1 is 1.38 bits per heavy atom. The van der Waals surface area contributed by atoms with Gasteiger partial charge in [-0.2, -0.15) is 0 Å². The van der Waals surface area contributed by atoms with Crippen molar-refractivity contribution in [1.29, 1.82) is 0 Å². The Labute approximate surface area is 102 Å². The van der Waals surface area contributed by atoms with Gasteiger partial charge >= 0.3 is 0 Å². The summed E-state index contributed by atoms with van der Waals surface area (Å²) in [7, 11) is 0. The van der Waals surface area contributed by atoms with Crippen LogP contribution in [0.25, 0.3) is 0 Å². The van der Waals surface area contributed by atoms with Crippen molar-refractivity contribution in [3.8, 4) is 0 Å². The van der Waals surface area contributed by atoms with Crippen molar-refractivity contribution >= 4 is 21.8 Å². The van der Waals surface area contributed by atoms with Crippen LogP contribution in [0.1, 0.15) is 23.2 Å². The fraction of sp³-hybridized carbons (Fsp3) is 0.250. The van der Waals surface area contributed by atoms with Crippen LogP contribution in [0.5, 0.6) is 0 Å². The molecule has 0 radical (unpaired) electrons. The molecule has 1 aliphatic rings. The summed E-state index contributed by atoms with van der Waals surface area (Å²) in [5.74, 6) is -0.850. The van der Waals surface area contributed by atoms with Gasteiger partial charge in [0.15, 0.2) is 0 Å². The Bertz CT molecular complexity index is 437. The zero-order valence-corrected chi connectivity index (χ0v) is 10.1. The minimum absolute atomic E-state index is 0.0927. The van der Waals surface area contributed by atoms with E-state index in [-0.39, 0.29) is 17.5 Å². The molecule has 0 atom stereocenters. The van der Waals surface area contributed by atoms with Crippen LogP contribution in [-0.2, 0) is 0 Å². The molecule has 16 heavy (non-hydrogen) atoms. The second-order valence-electron chi connectivity index (χ2n) is 3.74. The first-order chi connectivity index (χ1) is 7.66. The maximum atomic E-state index is 13.5. The minimum Gasteiger partial charge on any atom is -0.349 e. The van der Waals surface area contributed by atoms with E-state index in [4.69, 9.17) is 0 Å². The highest BCUT2D eigenvalue weighted by Gasteiger charge is 2.17. The SMILES string of the molecule is O=C(NC1CC=CC1)c1ccc(Br)cc1F. The lowest BCUT2D eigenvalue weighted by Crippen LogP contribution is -2.33. The van der Waals surface area contributed by atoms with Crippen molar-refractivity contribution < 1.29 is 9.18 Å². The zero-order valence-electron chi connectivity index (χ0n) is 8.54. The summed E-state index contributed by atoms with van der Waals surface area (Å²) in [6.07, 6.45) is 5.68. The smallest absolute Gasteiger partial charge is 0.254 e. The summed E-state index contributed by atoms with van der Waals surface area (Å²) in [5, 5.41) is 2.80. The monoisotopic (exact) mass is 283 g/mol. The third-order valence-electron chi connectivity index (χ3n) is 2.52. The first-order valence-corrected chi connectivity index (χ1v) is 5.87. The van der Waals surface area contributed by atoms with Gasteiger partial charge in [0.2, 0.25) is 0 Å². The highest BCUT2D eigenvalue weighted by Crippen LogP contribution is 2.16. The van der Waals surface area contributed by atoms with Gasteiger partial charge in [-0.25, -0.2) is 4.39 Å². The molecular weight excluding hydrogens is 273 g/mol. The predicted molar refractivity (Wildman–Crippen MR) is 63.7 cm³/mol. The quantitative estimate of drug-likeness (QED) is 0.831. The average Bonchev–Trinajstić information content (AvgIpc) is 2.70. The number of carbonyl (C=O) groups excluding carboxylic acids is 1. The number of hydrogen-bond acceptors (Lipinski definition) is 1. The predicted octanol–water partition coefficient (Wildman–Crippen LogP) is 3.04. The van der Waals surface area contributed by atoms with Gasteiger partial charge in [0.05, 0.1) is 5.56 Å². The molecule has 1 aromatic rings. The number of carbonyl (C=O) groups is 1. The van der Waals surface area contributed by atoms with Gasteiger partial charge in [0.25, 0.3) is 5.91 Å². The number of hydrogen-bond donors (Lipinski definition) is 1. The lowest BCUT2D eigenvalue weighted by Gasteiger charge is -2.12. The Hall–Kier alpha value is -1.16. The van der Waals surface area contributed by atoms with E-state index in [1.54, 1.807) is 6.07 Å². The second kappa shape index (κ2) is 4.78. The van der Waals surface area contributed by atoms with Gasteiger partial charge < -0.3 is 5.32 Å². The van der Waals surface area contributed by atoms with E-state index in [0.29, 0.717) is 4.47 Å². The molecule has 1 aromatic carbocycles. The summed E-state index contributed by atoms with van der Waals surface area (Å²) in [4.78, 5) is 11.7. The molecule has 2 nitrogen and oxygen atoms in total. The summed E-state index contributed by atoms with van der Waals surface area (Å²) in [5.41, 5.74) is 0.0927. The van der Waals surface area contributed by atoms with Gasteiger partial charge in [0, 0.05) is 10.5 Å². The van der Waals surface area contributed by atoms with Crippen LogP contribution in [0.3, 0.4) is 0 Å². The van der Waals surface area contributed by atoms with Crippen LogP contribution < -0.4 is 5.32 Å². The maximum Gasteiger partial charge on any atom is 0.254 e. The fourth-order valence-corrected chi connectivity index (χ4v) is 2.00. The molecule has 0 heterocycles. The first kappa shape index (κ1) is 11.3. The summed E-state index contributed by atoms with van der Waals surface area (Å²) < 4.78 is 14.1. The van der Waals surface area contributed by atoms with Gasteiger partial charge in [-0.1, -0.05) is 28.1 Å². The lowest BCUT2D eigenvalue weighted by atomic mass is 10.1. The number of rotatable bonds is 2. The van der Waals surface area contributed by atoms with Crippen LogP contribution in [-0.4, -0.2) is 11.9 Å². The highest BCUT2D eigenvalue weighted by atomic mass is 79.9. The zero-order chi connectivity index (χ0) is 11.5. The van der Waals surface area contributed by atoms with Gasteiger partial charge in [-0.3, -0.25) is 4.79 Å². The van der Waals surface area contributed by atoms with Crippen molar-refractivity contribution in [2.45, 2.75) is 18.9 Å². The van der Waals surface area contributed by atoms with E-state index in [9.17, 15) is 9.18 Å². The van der Waals surface area contributed by atoms with E-state index in [0.717, 1.165) is 12.8 Å². The Balaban J connectivity index is 2.08. The van der Waals surface area contributed by atoms with Crippen molar-refractivity contribution in [3.05, 3.63) is 46.2 Å². The Morgan fingerprint density at radius 2 is 2.06 bits per heavy atom. The molecule has 0 spiro atoms. The van der Waals surface area contributed by atoms with Crippen LogP contribution in [0.2, 0.25) is 0 Å². The normalized spacial score (nSPS) is 15.4. The van der Waals surface area contributed by atoms with Crippen molar-refractivity contribution in [3.63, 3.8) is 0 Å². The van der Waals surface area contributed by atoms with E-state index in [1.165, 1.54) is 12.1 Å². The van der Waals surface area contributed by atoms with Crippen LogP contribution in [0.4, 0.5) is 4.39 Å². The third kappa shape index (κ3) is 2.50. The molecule has 2 rings (SSSR count). The molecule has 0 fully saturated rings. The number of nitrogens with one attached hydrogen (secondary N) is 1. The molecule has 84 valence electrons. The van der Waals surface area contributed by atoms with Crippen LogP contribution >= 0.6 is 15.9 Å². The maximum absolute atomic E-state index is 13.5. The van der Waals surface area contributed by atoms with Crippen LogP contribution in [0, 0.1) is 5.82 Å². The van der Waals surface area contributed by atoms with E-state index in [1.807, 2.05) is 12.2 Å². The average molecular weight is 284 g/mol. The molecule has 1 aliphatic carbocycles. The van der Waals surface area contributed by atoms with E-state index >= 15 is 0 Å². The number of halogens is 2. The molecule has 1 N–H and O–H groups in total. The lowest BCUT2D eigenvalue weighted by molar-refractivity contribution is 0.0935. The fourth-order valence-electron chi connectivity index (χ4n) is 1.67. The molecule has 0 bridgehead atoms. The molecule has 4 heteroatoms. The summed E-state index contributed by atoms with van der Waals surface area (Å²) in [6, 6.07) is 4.54. The number of amides is 1. The topological polar surface area (TPSA) is 29.1 Å². The molecule has 0 aliphatic heterocycles. The molecule has 0 aromatic heterocycles. The molecule has 0 unspecified atom stereocenters. The largest absolute Gasteiger partial charge is 0.349 e. The molecule has 0 saturated heterocycles. The molecule has 1 amide bonds. The summed E-state index contributed by atoms with van der Waals surface area (Å²) >= 11 is 3.15. The van der Waals surface area contributed by atoms with E-state index < -0.39 is 5.82 Å². The van der Waals surface area contributed by atoms with Gasteiger partial charge in [-0.05, 0) is 31.0 Å².